The number of thiophene rings is 1. The molecule has 7 nitrogen and oxygen atoms in total. The molecule has 2 heterocycles. The van der Waals surface area contributed by atoms with E-state index in [4.69, 9.17) is 0 Å². The van der Waals surface area contributed by atoms with Gasteiger partial charge in [-0.15, -0.1) is 11.3 Å². The van der Waals surface area contributed by atoms with Crippen molar-refractivity contribution >= 4 is 39.6 Å². The van der Waals surface area contributed by atoms with Gasteiger partial charge in [-0.3, -0.25) is 14.4 Å². The molecule has 1 saturated heterocycles. The number of nitrogens with one attached hydrogen (secondary N) is 2. The summed E-state index contributed by atoms with van der Waals surface area (Å²) in [6, 6.07) is 7.87. The van der Waals surface area contributed by atoms with E-state index < -0.39 is 11.6 Å². The van der Waals surface area contributed by atoms with Gasteiger partial charge < -0.3 is 20.8 Å². The van der Waals surface area contributed by atoms with Gasteiger partial charge in [0.05, 0.1) is 20.9 Å². The van der Waals surface area contributed by atoms with E-state index >= 15 is 0 Å². The molecule has 1 atom stereocenters. The summed E-state index contributed by atoms with van der Waals surface area (Å²) >= 11 is 0.927. The van der Waals surface area contributed by atoms with Crippen molar-refractivity contribution in [3.05, 3.63) is 56.8 Å². The third kappa shape index (κ3) is 2.56. The molecule has 4 N–H and O–H groups in total. The molecule has 1 fully saturated rings. The molecule has 2 aliphatic rings. The van der Waals surface area contributed by atoms with Crippen molar-refractivity contribution in [2.24, 2.45) is 0 Å². The lowest BCUT2D eigenvalue weighted by Gasteiger charge is -2.18. The number of fused-ring (bicyclic) bond motifs is 3. The highest BCUT2D eigenvalue weighted by Gasteiger charge is 2.38. The molecule has 1 aromatic heterocycles. The number of aromatic hydroxyl groups is 2. The van der Waals surface area contributed by atoms with Crippen LogP contribution in [-0.2, 0) is 0 Å². The summed E-state index contributed by atoms with van der Waals surface area (Å²) in [5.74, 6) is -2.17. The number of phenols is 2. The molecule has 2 aromatic carbocycles. The lowest BCUT2D eigenvalue weighted by atomic mass is 9.85. The summed E-state index contributed by atoms with van der Waals surface area (Å²) in [6.45, 7) is 1.50. The van der Waals surface area contributed by atoms with Crippen LogP contribution in [0.1, 0.15) is 47.2 Å². The van der Waals surface area contributed by atoms with Crippen molar-refractivity contribution in [3.8, 4) is 11.5 Å². The summed E-state index contributed by atoms with van der Waals surface area (Å²) in [6.07, 6.45) is 0.814. The number of phenolic OH excluding ortho intramolecular Hbond substituents is 2. The first-order valence-electron chi connectivity index (χ1n) is 9.18. The topological polar surface area (TPSA) is 116 Å². The number of amides is 1. The summed E-state index contributed by atoms with van der Waals surface area (Å²) < 4.78 is 0. The Labute approximate surface area is 169 Å². The van der Waals surface area contributed by atoms with Crippen molar-refractivity contribution < 1.29 is 24.6 Å². The Morgan fingerprint density at radius 3 is 2.34 bits per heavy atom. The van der Waals surface area contributed by atoms with E-state index in [0.29, 0.717) is 6.54 Å². The summed E-state index contributed by atoms with van der Waals surface area (Å²) in [5, 5.41) is 28.0. The number of hydrogen-bond donors (Lipinski definition) is 4. The fraction of sp³-hybridized carbons (Fsp3) is 0.190. The van der Waals surface area contributed by atoms with Gasteiger partial charge in [-0.25, -0.2) is 0 Å². The molecule has 1 amide bonds. The molecular formula is C21H16N2O5S. The first-order chi connectivity index (χ1) is 14.0. The van der Waals surface area contributed by atoms with Crippen LogP contribution in [0.25, 0.3) is 10.8 Å². The Balaban J connectivity index is 1.63. The van der Waals surface area contributed by atoms with Crippen LogP contribution in [0.4, 0.5) is 0 Å². The number of benzene rings is 2. The van der Waals surface area contributed by atoms with Gasteiger partial charge in [0.2, 0.25) is 5.78 Å². The monoisotopic (exact) mass is 408 g/mol. The number of ketones is 2. The Kier molecular flexibility index (Phi) is 3.94. The van der Waals surface area contributed by atoms with E-state index in [0.717, 1.165) is 24.3 Å². The summed E-state index contributed by atoms with van der Waals surface area (Å²) in [7, 11) is 0. The Bertz CT molecular complexity index is 1150. The van der Waals surface area contributed by atoms with E-state index in [1.165, 1.54) is 6.07 Å². The minimum atomic E-state index is -0.578. The minimum absolute atomic E-state index is 0.00335. The molecule has 1 aliphatic carbocycles. The average Bonchev–Trinajstić information content (AvgIpc) is 3.39. The van der Waals surface area contributed by atoms with Crippen LogP contribution in [0.2, 0.25) is 0 Å². The Morgan fingerprint density at radius 2 is 1.72 bits per heavy atom. The highest BCUT2D eigenvalue weighted by molar-refractivity contribution is 7.16. The van der Waals surface area contributed by atoms with Crippen LogP contribution in [0.15, 0.2) is 30.3 Å². The van der Waals surface area contributed by atoms with Gasteiger partial charge in [0.25, 0.3) is 5.91 Å². The fourth-order valence-electron chi connectivity index (χ4n) is 3.97. The van der Waals surface area contributed by atoms with Crippen LogP contribution in [0.3, 0.4) is 0 Å². The second kappa shape index (κ2) is 6.40. The van der Waals surface area contributed by atoms with Crippen LogP contribution in [-0.4, -0.2) is 46.8 Å². The molecule has 3 aromatic rings. The van der Waals surface area contributed by atoms with Crippen molar-refractivity contribution in [2.45, 2.75) is 12.5 Å². The van der Waals surface area contributed by atoms with E-state index in [1.54, 1.807) is 24.3 Å². The highest BCUT2D eigenvalue weighted by Crippen LogP contribution is 2.45. The van der Waals surface area contributed by atoms with Crippen molar-refractivity contribution in [3.63, 3.8) is 0 Å². The standard InChI is InChI=1S/C21H16N2O5S/c24-16-10-3-1-2-4-11(10)17(25)15-14(16)18(26)12-7-13(29-20(12)19(15)27)21(28)23-9-5-6-22-8-9/h1-4,7,9,22,24-25H,5-6,8H2,(H,23,28)/t9-/m0/s1. The van der Waals surface area contributed by atoms with Gasteiger partial charge in [-0.2, -0.15) is 0 Å². The van der Waals surface area contributed by atoms with Gasteiger partial charge in [-0.05, 0) is 19.0 Å². The molecule has 0 spiro atoms. The van der Waals surface area contributed by atoms with Crippen LogP contribution in [0, 0.1) is 0 Å². The summed E-state index contributed by atoms with van der Waals surface area (Å²) in [5.41, 5.74) is -0.358. The zero-order valence-electron chi connectivity index (χ0n) is 15.1. The Hall–Kier alpha value is -3.23. The lowest BCUT2D eigenvalue weighted by Crippen LogP contribution is -2.35. The van der Waals surface area contributed by atoms with Crippen LogP contribution < -0.4 is 10.6 Å². The molecule has 0 unspecified atom stereocenters. The zero-order chi connectivity index (χ0) is 20.3. The summed E-state index contributed by atoms with van der Waals surface area (Å²) in [4.78, 5) is 39.1. The SMILES string of the molecule is O=C(N[C@H]1CCNC1)c1cc2c(s1)C(=O)c1c(c(O)c3ccccc3c1O)C2=O. The molecule has 5 rings (SSSR count). The quantitative estimate of drug-likeness (QED) is 0.378. The maximum Gasteiger partial charge on any atom is 0.261 e. The van der Waals surface area contributed by atoms with Crippen LogP contribution >= 0.6 is 11.3 Å². The van der Waals surface area contributed by atoms with Crippen molar-refractivity contribution in [1.82, 2.24) is 10.6 Å². The molecule has 8 heteroatoms. The van der Waals surface area contributed by atoms with Gasteiger partial charge in [0.15, 0.2) is 5.78 Å². The number of carbonyl (C=O) groups is 3. The fourth-order valence-corrected chi connectivity index (χ4v) is 4.97. The third-order valence-corrected chi connectivity index (χ3v) is 6.55. The van der Waals surface area contributed by atoms with E-state index in [2.05, 4.69) is 10.6 Å². The molecular weight excluding hydrogens is 392 g/mol. The van der Waals surface area contributed by atoms with Gasteiger partial charge in [0, 0.05) is 28.9 Å². The predicted octanol–water partition coefficient (Wildman–Crippen LogP) is 2.18. The maximum absolute atomic E-state index is 13.1. The first kappa shape index (κ1) is 17.8. The molecule has 29 heavy (non-hydrogen) atoms. The normalized spacial score (nSPS) is 18.0. The van der Waals surface area contributed by atoms with Gasteiger partial charge >= 0.3 is 0 Å². The molecule has 146 valence electrons. The second-order valence-corrected chi connectivity index (χ2v) is 8.22. The van der Waals surface area contributed by atoms with E-state index in [1.807, 2.05) is 0 Å². The lowest BCUT2D eigenvalue weighted by molar-refractivity contribution is 0.0943. The molecule has 1 aliphatic heterocycles. The van der Waals surface area contributed by atoms with Crippen molar-refractivity contribution in [2.75, 3.05) is 13.1 Å². The average molecular weight is 408 g/mol. The smallest absolute Gasteiger partial charge is 0.261 e. The molecule has 0 bridgehead atoms. The van der Waals surface area contributed by atoms with E-state index in [-0.39, 0.29) is 60.7 Å². The largest absolute Gasteiger partial charge is 0.506 e. The van der Waals surface area contributed by atoms with E-state index in [9.17, 15) is 24.6 Å². The van der Waals surface area contributed by atoms with Crippen molar-refractivity contribution in [1.29, 1.82) is 0 Å². The minimum Gasteiger partial charge on any atom is -0.506 e. The van der Waals surface area contributed by atoms with Gasteiger partial charge in [-0.1, -0.05) is 24.3 Å². The number of rotatable bonds is 2. The highest BCUT2D eigenvalue weighted by atomic mass is 32.1. The van der Waals surface area contributed by atoms with Gasteiger partial charge in [0.1, 0.15) is 11.5 Å². The third-order valence-electron chi connectivity index (χ3n) is 5.42. The predicted molar refractivity (Wildman–Crippen MR) is 107 cm³/mol. The maximum atomic E-state index is 13.1. The van der Waals surface area contributed by atoms with Crippen LogP contribution in [0.5, 0.6) is 11.5 Å². The Morgan fingerprint density at radius 1 is 1.07 bits per heavy atom. The first-order valence-corrected chi connectivity index (χ1v) is 10.0. The molecule has 0 saturated carbocycles. The zero-order valence-corrected chi connectivity index (χ0v) is 15.9. The second-order valence-electron chi connectivity index (χ2n) is 7.17. The number of hydrogen-bond acceptors (Lipinski definition) is 7. The number of carbonyl (C=O) groups excluding carboxylic acids is 3. The molecule has 0 radical (unpaired) electrons.